The van der Waals surface area contributed by atoms with Gasteiger partial charge in [0.15, 0.2) is 0 Å². The second kappa shape index (κ2) is 9.65. The lowest BCUT2D eigenvalue weighted by Crippen LogP contribution is -2.48. The van der Waals surface area contributed by atoms with Gasteiger partial charge in [-0.1, -0.05) is 36.4 Å². The quantitative estimate of drug-likeness (QED) is 0.207. The average Bonchev–Trinajstić information content (AvgIpc) is 3.23. The van der Waals surface area contributed by atoms with E-state index < -0.39 is 0 Å². The van der Waals surface area contributed by atoms with Crippen LogP contribution in [0.1, 0.15) is 71.4 Å². The summed E-state index contributed by atoms with van der Waals surface area (Å²) in [5.74, 6) is 3.08. The van der Waals surface area contributed by atoms with E-state index in [1.54, 1.807) is 18.9 Å². The first-order valence-electron chi connectivity index (χ1n) is 14.6. The van der Waals surface area contributed by atoms with Crippen LogP contribution >= 0.6 is 0 Å². The normalized spacial score (nSPS) is 25.1. The van der Waals surface area contributed by atoms with Crippen LogP contribution in [0.15, 0.2) is 71.8 Å². The van der Waals surface area contributed by atoms with E-state index in [9.17, 15) is 4.79 Å². The molecular weight excluding hydrogens is 494 g/mol. The van der Waals surface area contributed by atoms with Gasteiger partial charge in [-0.15, -0.1) is 0 Å². The Hall–Kier alpha value is -3.86. The summed E-state index contributed by atoms with van der Waals surface area (Å²) >= 11 is 0. The number of ether oxygens (including phenoxy) is 1. The van der Waals surface area contributed by atoms with Crippen LogP contribution in [0.5, 0.6) is 5.75 Å². The Morgan fingerprint density at radius 1 is 0.925 bits per heavy atom. The van der Waals surface area contributed by atoms with Gasteiger partial charge in [0.2, 0.25) is 0 Å². The van der Waals surface area contributed by atoms with Crippen LogP contribution in [0.3, 0.4) is 0 Å². The predicted molar refractivity (Wildman–Crippen MR) is 161 cm³/mol. The van der Waals surface area contributed by atoms with Crippen molar-refractivity contribution in [1.82, 2.24) is 9.99 Å². The summed E-state index contributed by atoms with van der Waals surface area (Å²) in [6.45, 7) is 4.23. The minimum Gasteiger partial charge on any atom is -0.496 e. The van der Waals surface area contributed by atoms with Gasteiger partial charge in [0.25, 0.3) is 5.91 Å². The lowest BCUT2D eigenvalue weighted by atomic mass is 9.48. The number of benzene rings is 3. The van der Waals surface area contributed by atoms with Crippen molar-refractivity contribution in [3.63, 3.8) is 0 Å². The summed E-state index contributed by atoms with van der Waals surface area (Å²) in [4.78, 5) is 13.0. The lowest BCUT2D eigenvalue weighted by Gasteiger charge is -2.57. The first-order chi connectivity index (χ1) is 19.4. The Morgan fingerprint density at radius 3 is 2.17 bits per heavy atom. The first kappa shape index (κ1) is 25.1. The van der Waals surface area contributed by atoms with Gasteiger partial charge in [0.05, 0.1) is 18.9 Å². The largest absolute Gasteiger partial charge is 0.496 e. The standard InChI is InChI=1S/C35H37N3O2/c1-22-12-29(21-36-37-34(39)32-16-27-6-4-5-7-28(27)17-33(32)40-3)23(2)38(22)31-10-8-30(9-11-31)35-18-24-13-25(19-35)15-26(14-24)20-35/h4-12,16-17,21,24-26H,13-15,18-20H2,1-3H3,(H,37,39)/b36-21-. The third-order valence-electron chi connectivity index (χ3n) is 9.93. The second-order valence-corrected chi connectivity index (χ2v) is 12.5. The zero-order valence-electron chi connectivity index (χ0n) is 23.6. The molecule has 5 nitrogen and oxygen atoms in total. The van der Waals surface area contributed by atoms with Crippen molar-refractivity contribution in [1.29, 1.82) is 0 Å². The van der Waals surface area contributed by atoms with Gasteiger partial charge in [0.1, 0.15) is 5.75 Å². The number of nitrogens with one attached hydrogen (secondary N) is 1. The molecule has 1 N–H and O–H groups in total. The predicted octanol–water partition coefficient (Wildman–Crippen LogP) is 7.49. The number of carbonyl (C=O) groups excluding carboxylic acids is 1. The van der Waals surface area contributed by atoms with Gasteiger partial charge in [-0.25, -0.2) is 5.43 Å². The zero-order valence-corrected chi connectivity index (χ0v) is 23.6. The molecule has 8 rings (SSSR count). The van der Waals surface area contributed by atoms with E-state index in [0.29, 0.717) is 16.7 Å². The number of hydrogen-bond donors (Lipinski definition) is 1. The van der Waals surface area contributed by atoms with Crippen LogP contribution in [0.25, 0.3) is 16.5 Å². The van der Waals surface area contributed by atoms with Gasteiger partial charge in [-0.05, 0) is 122 Å². The maximum absolute atomic E-state index is 13.0. The van der Waals surface area contributed by atoms with Crippen molar-refractivity contribution in [3.05, 3.63) is 94.8 Å². The zero-order chi connectivity index (χ0) is 27.4. The average molecular weight is 532 g/mol. The number of fused-ring (bicyclic) bond motifs is 1. The molecule has 0 spiro atoms. The second-order valence-electron chi connectivity index (χ2n) is 12.5. The highest BCUT2D eigenvalue weighted by atomic mass is 16.5. The molecule has 4 bridgehead atoms. The summed E-state index contributed by atoms with van der Waals surface area (Å²) in [5, 5.41) is 6.32. The molecule has 4 saturated carbocycles. The number of rotatable bonds is 6. The topological polar surface area (TPSA) is 55.6 Å². The molecule has 1 heterocycles. The number of aryl methyl sites for hydroxylation is 1. The molecule has 4 aromatic rings. The van der Waals surface area contributed by atoms with E-state index >= 15 is 0 Å². The van der Waals surface area contributed by atoms with E-state index in [4.69, 9.17) is 4.74 Å². The molecule has 0 unspecified atom stereocenters. The van der Waals surface area contributed by atoms with Crippen LogP contribution in [0.4, 0.5) is 0 Å². The van der Waals surface area contributed by atoms with E-state index in [1.807, 2.05) is 36.4 Å². The molecule has 3 aromatic carbocycles. The van der Waals surface area contributed by atoms with Crippen molar-refractivity contribution in [2.45, 2.75) is 57.8 Å². The molecule has 204 valence electrons. The van der Waals surface area contributed by atoms with Crippen LogP contribution < -0.4 is 10.2 Å². The van der Waals surface area contributed by atoms with Gasteiger partial charge < -0.3 is 9.30 Å². The molecule has 4 fully saturated rings. The SMILES string of the molecule is COc1cc2ccccc2cc1C(=O)N/N=C\c1cc(C)n(-c2ccc(C34CC5CC(CC(C5)C3)C4)cc2)c1C. The fourth-order valence-corrected chi connectivity index (χ4v) is 8.53. The molecule has 4 aliphatic carbocycles. The molecule has 40 heavy (non-hydrogen) atoms. The smallest absolute Gasteiger partial charge is 0.275 e. The van der Waals surface area contributed by atoms with Crippen LogP contribution in [-0.2, 0) is 5.41 Å². The van der Waals surface area contributed by atoms with Crippen LogP contribution in [0.2, 0.25) is 0 Å². The third-order valence-corrected chi connectivity index (χ3v) is 9.93. The summed E-state index contributed by atoms with van der Waals surface area (Å²) < 4.78 is 7.76. The molecule has 0 atom stereocenters. The van der Waals surface area contributed by atoms with Gasteiger partial charge in [0, 0.05) is 22.6 Å². The molecule has 0 aliphatic heterocycles. The Kier molecular flexibility index (Phi) is 6.06. The Bertz CT molecular complexity index is 1590. The van der Waals surface area contributed by atoms with Crippen molar-refractivity contribution in [2.75, 3.05) is 7.11 Å². The van der Waals surface area contributed by atoms with E-state index in [2.05, 4.69) is 59.3 Å². The Labute approximate surface area is 236 Å². The minimum absolute atomic E-state index is 0.298. The number of hydrogen-bond acceptors (Lipinski definition) is 3. The fraction of sp³-hybridized carbons (Fsp3) is 0.371. The van der Waals surface area contributed by atoms with Gasteiger partial charge in [-0.3, -0.25) is 4.79 Å². The summed E-state index contributed by atoms with van der Waals surface area (Å²) in [5.41, 5.74) is 9.51. The first-order valence-corrected chi connectivity index (χ1v) is 14.6. The molecule has 1 aromatic heterocycles. The summed E-state index contributed by atoms with van der Waals surface area (Å²) in [7, 11) is 1.58. The monoisotopic (exact) mass is 531 g/mol. The highest BCUT2D eigenvalue weighted by Crippen LogP contribution is 2.60. The molecule has 5 heteroatoms. The number of nitrogens with zero attached hydrogens (tertiary/aromatic N) is 2. The summed E-state index contributed by atoms with van der Waals surface area (Å²) in [6.07, 6.45) is 10.3. The molecule has 0 radical (unpaired) electrons. The van der Waals surface area contributed by atoms with Crippen LogP contribution in [0, 0.1) is 31.6 Å². The molecule has 1 amide bonds. The van der Waals surface area contributed by atoms with Crippen molar-refractivity contribution in [3.8, 4) is 11.4 Å². The minimum atomic E-state index is -0.298. The fourth-order valence-electron chi connectivity index (χ4n) is 8.53. The number of hydrazone groups is 1. The van der Waals surface area contributed by atoms with Crippen molar-refractivity contribution < 1.29 is 9.53 Å². The maximum Gasteiger partial charge on any atom is 0.275 e. The van der Waals surface area contributed by atoms with Crippen molar-refractivity contribution in [2.24, 2.45) is 22.9 Å². The Balaban J connectivity index is 1.09. The number of aromatic nitrogens is 1. The van der Waals surface area contributed by atoms with E-state index in [0.717, 1.165) is 45.5 Å². The van der Waals surface area contributed by atoms with Gasteiger partial charge >= 0.3 is 0 Å². The molecule has 0 saturated heterocycles. The lowest BCUT2D eigenvalue weighted by molar-refractivity contribution is -0.00518. The highest BCUT2D eigenvalue weighted by molar-refractivity contribution is 6.02. The number of amides is 1. The van der Waals surface area contributed by atoms with Crippen LogP contribution in [-0.4, -0.2) is 23.8 Å². The molecular formula is C35H37N3O2. The molecule has 4 aliphatic rings. The summed E-state index contributed by atoms with van der Waals surface area (Å²) in [6, 6.07) is 23.1. The highest BCUT2D eigenvalue weighted by Gasteiger charge is 2.51. The Morgan fingerprint density at radius 2 is 1.55 bits per heavy atom. The van der Waals surface area contributed by atoms with E-state index in [-0.39, 0.29) is 5.91 Å². The third kappa shape index (κ3) is 4.23. The maximum atomic E-state index is 13.0. The van der Waals surface area contributed by atoms with Gasteiger partial charge in [-0.2, -0.15) is 5.10 Å². The van der Waals surface area contributed by atoms with Crippen molar-refractivity contribution >= 4 is 22.9 Å². The number of carbonyl (C=O) groups is 1. The number of methoxy groups -OCH3 is 1. The van der Waals surface area contributed by atoms with E-state index in [1.165, 1.54) is 44.2 Å².